The van der Waals surface area contributed by atoms with Crippen molar-refractivity contribution in [2.24, 2.45) is 9.98 Å². The molecule has 0 aliphatic carbocycles. The second-order valence-electron chi connectivity index (χ2n) is 20.3. The van der Waals surface area contributed by atoms with Gasteiger partial charge in [0.1, 0.15) is 0 Å². The molecule has 0 saturated carbocycles. The molecule has 0 spiro atoms. The van der Waals surface area contributed by atoms with Crippen LogP contribution in [0.2, 0.25) is 0 Å². The van der Waals surface area contributed by atoms with Crippen LogP contribution in [0.3, 0.4) is 0 Å². The van der Waals surface area contributed by atoms with Gasteiger partial charge < -0.3 is 23.8 Å². The molecule has 0 atom stereocenters. The summed E-state index contributed by atoms with van der Waals surface area (Å²) in [5.41, 5.74) is 9.66. The summed E-state index contributed by atoms with van der Waals surface area (Å²) in [7, 11) is 2.98. The van der Waals surface area contributed by atoms with Crippen LogP contribution in [0.15, 0.2) is 125 Å². The Morgan fingerprint density at radius 3 is 0.985 bits per heavy atom. The number of ether oxygens (including phenoxy) is 1. The molecule has 0 unspecified atom stereocenters. The number of benzene rings is 5. The summed E-state index contributed by atoms with van der Waals surface area (Å²) < 4.78 is 4.94. The van der Waals surface area contributed by atoms with E-state index >= 15 is 0 Å². The Kier molecular flexibility index (Phi) is 28.5. The molecule has 1 aliphatic heterocycles. The van der Waals surface area contributed by atoms with Crippen LogP contribution >= 0.6 is 8.86 Å². The molecule has 0 amide bonds. The number of aliphatic imine (C=N–C) groups is 2. The fraction of sp³-hybridized carbons (Fsp3) is 0.431. The smallest absolute Gasteiger partial charge is 0.872 e. The molecule has 8 heteroatoms. The van der Waals surface area contributed by atoms with E-state index in [-0.39, 0.29) is 50.5 Å². The third-order valence-corrected chi connectivity index (χ3v) is 10.1. The normalized spacial score (nSPS) is 12.2. The predicted molar refractivity (Wildman–Crippen MR) is 283 cm³/mol. The van der Waals surface area contributed by atoms with Gasteiger partial charge in [0, 0.05) is 25.6 Å². The molecule has 1 heterocycles. The summed E-state index contributed by atoms with van der Waals surface area (Å²) in [5, 5.41) is 26.2. The molecule has 5 aromatic carbocycles. The second-order valence-corrected chi connectivity index (χ2v) is 20.5. The molecule has 352 valence electrons. The van der Waals surface area contributed by atoms with Gasteiger partial charge in [0.15, 0.2) is 0 Å². The van der Waals surface area contributed by atoms with Crippen molar-refractivity contribution in [2.75, 3.05) is 26.3 Å². The van der Waals surface area contributed by atoms with Gasteiger partial charge in [0.05, 0.1) is 13.1 Å². The number of rotatable bonds is 5. The van der Waals surface area contributed by atoms with Gasteiger partial charge >= 0.3 is 17.4 Å². The zero-order valence-electron chi connectivity index (χ0n) is 42.9. The maximum Gasteiger partial charge on any atom is 3.00 e. The Morgan fingerprint density at radius 1 is 0.530 bits per heavy atom. The van der Waals surface area contributed by atoms with E-state index in [0.717, 1.165) is 35.5 Å². The maximum absolute atomic E-state index is 13.1. The third-order valence-electron chi connectivity index (χ3n) is 10.1. The summed E-state index contributed by atoms with van der Waals surface area (Å²) in [5.74, 6) is 0.0694. The SMILES string of the molecule is C1CCOC1.CC(C)(C)c1cc(C=NCCN=Cc2cc(C(C)(C)C)cc(C(C)(C)C)c2[O-])c([O-])c(C(C)(C)C)c1.Cc1ccccc1.Cc1ccccc1.Cc1ccccc1.O=C=[P-].[Al+3]. The van der Waals surface area contributed by atoms with E-state index in [1.165, 1.54) is 35.2 Å². The Bertz CT molecular complexity index is 2000. The first-order valence-electron chi connectivity index (χ1n) is 22.7. The van der Waals surface area contributed by atoms with E-state index in [9.17, 15) is 10.2 Å². The summed E-state index contributed by atoms with van der Waals surface area (Å²) in [6, 6.07) is 38.8. The van der Waals surface area contributed by atoms with Crippen molar-refractivity contribution in [1.29, 1.82) is 0 Å². The minimum Gasteiger partial charge on any atom is -0.872 e. The van der Waals surface area contributed by atoms with Gasteiger partial charge in [-0.15, -0.1) is 5.66 Å². The van der Waals surface area contributed by atoms with E-state index in [1.54, 1.807) is 12.4 Å². The Labute approximate surface area is 413 Å². The van der Waals surface area contributed by atoms with Crippen molar-refractivity contribution >= 4 is 44.3 Å². The first-order valence-corrected chi connectivity index (χ1v) is 23.1. The van der Waals surface area contributed by atoms with E-state index in [1.807, 2.05) is 78.9 Å². The Balaban J connectivity index is 0.00000111. The molecule has 0 bridgehead atoms. The van der Waals surface area contributed by atoms with E-state index in [0.29, 0.717) is 24.2 Å². The van der Waals surface area contributed by atoms with Crippen LogP contribution < -0.4 is 10.2 Å². The first-order chi connectivity index (χ1) is 30.3. The van der Waals surface area contributed by atoms with E-state index in [4.69, 9.17) is 9.53 Å². The molecule has 0 aromatic heterocycles. The standard InChI is InChI=1S/C32H48N2O2.3C7H8.C4H8O.COP.Al/c1-29(2,3)23-15-21(27(35)25(17-23)31(7,8)9)19-33-13-14-34-20-22-16-24(30(4,5)6)18-26(28(22)36)32(10,11)12;3*1-7-5-3-2-4-6-7;1-2-4-5-3-1;2-1-3;/h15-20,35-36H,13-14H2,1-12H3;3*2-6H,1H3;1-4H2;;/q;;;;;-1;+3/p-2. The van der Waals surface area contributed by atoms with Crippen molar-refractivity contribution in [3.63, 3.8) is 0 Å². The molecule has 5 aromatic rings. The van der Waals surface area contributed by atoms with Gasteiger partial charge in [-0.05, 0) is 88.7 Å². The van der Waals surface area contributed by atoms with Crippen LogP contribution in [0, 0.1) is 20.8 Å². The molecule has 1 fully saturated rings. The molecule has 1 aliphatic rings. The molecular formula is C58H78AlN2O4P. The first kappa shape index (κ1) is 61.4. The maximum atomic E-state index is 13.1. The van der Waals surface area contributed by atoms with Gasteiger partial charge in [0.2, 0.25) is 0 Å². The topological polar surface area (TPSA) is 97.1 Å². The monoisotopic (exact) mass is 925 g/mol. The van der Waals surface area contributed by atoms with Crippen LogP contribution in [-0.4, -0.2) is 61.8 Å². The summed E-state index contributed by atoms with van der Waals surface area (Å²) in [6.45, 7) is 34.4. The van der Waals surface area contributed by atoms with Crippen LogP contribution in [0.5, 0.6) is 11.5 Å². The fourth-order valence-electron chi connectivity index (χ4n) is 6.03. The van der Waals surface area contributed by atoms with Gasteiger partial charge in [-0.1, -0.05) is 227 Å². The van der Waals surface area contributed by atoms with Gasteiger partial charge in [-0.25, -0.2) is 0 Å². The zero-order chi connectivity index (χ0) is 49.3. The predicted octanol–water partition coefficient (Wildman–Crippen LogP) is 13.4. The largest absolute Gasteiger partial charge is 3.00 e. The fourth-order valence-corrected chi connectivity index (χ4v) is 6.03. The Hall–Kier alpha value is -4.59. The molecule has 6 rings (SSSR count). The minimum atomic E-state index is -0.241. The van der Waals surface area contributed by atoms with Crippen molar-refractivity contribution in [2.45, 2.75) is 138 Å². The van der Waals surface area contributed by atoms with E-state index < -0.39 is 0 Å². The molecule has 0 radical (unpaired) electrons. The summed E-state index contributed by atoms with van der Waals surface area (Å²) in [4.78, 5) is 17.5. The van der Waals surface area contributed by atoms with Crippen LogP contribution in [0.1, 0.15) is 146 Å². The number of aryl methyl sites for hydroxylation is 3. The van der Waals surface area contributed by atoms with E-state index in [2.05, 4.69) is 159 Å². The number of hydrogen-bond donors (Lipinski definition) is 0. The quantitative estimate of drug-likeness (QED) is 0.0759. The molecule has 0 N–H and O–H groups in total. The zero-order valence-corrected chi connectivity index (χ0v) is 45.0. The molecule has 6 nitrogen and oxygen atoms in total. The molecular weight excluding hydrogens is 847 g/mol. The summed E-state index contributed by atoms with van der Waals surface area (Å²) >= 11 is 0. The van der Waals surface area contributed by atoms with Crippen LogP contribution in [0.25, 0.3) is 0 Å². The molecule has 1 saturated heterocycles. The minimum absolute atomic E-state index is 0. The van der Waals surface area contributed by atoms with Gasteiger partial charge in [-0.3, -0.25) is 14.8 Å². The number of carbonyl (C=O) groups excluding carboxylic acids is 1. The number of nitrogens with zero attached hydrogens (tertiary/aromatic N) is 2. The number of hydrogen-bond acceptors (Lipinski definition) is 6. The van der Waals surface area contributed by atoms with Crippen LogP contribution in [-0.2, 0) is 31.2 Å². The average molecular weight is 925 g/mol. The van der Waals surface area contributed by atoms with Gasteiger partial charge in [-0.2, -0.15) is 0 Å². The van der Waals surface area contributed by atoms with Crippen molar-refractivity contribution in [3.8, 4) is 11.5 Å². The van der Waals surface area contributed by atoms with Crippen LogP contribution in [0.4, 0.5) is 0 Å². The van der Waals surface area contributed by atoms with Crippen molar-refractivity contribution in [3.05, 3.63) is 165 Å². The summed E-state index contributed by atoms with van der Waals surface area (Å²) in [6.07, 6.45) is 5.92. The van der Waals surface area contributed by atoms with Gasteiger partial charge in [0.25, 0.3) is 0 Å². The second kappa shape index (κ2) is 30.6. The average Bonchev–Trinajstić information content (AvgIpc) is 3.81. The molecule has 66 heavy (non-hydrogen) atoms. The van der Waals surface area contributed by atoms with Crippen molar-refractivity contribution in [1.82, 2.24) is 0 Å². The Morgan fingerprint density at radius 2 is 0.803 bits per heavy atom. The third kappa shape index (κ3) is 25.4. The van der Waals surface area contributed by atoms with Crippen molar-refractivity contribution < 1.29 is 19.7 Å².